The van der Waals surface area contributed by atoms with Crippen LogP contribution in [0.25, 0.3) is 0 Å². The summed E-state index contributed by atoms with van der Waals surface area (Å²) in [4.78, 5) is 0. The van der Waals surface area contributed by atoms with Gasteiger partial charge in [0.25, 0.3) is 0 Å². The minimum Gasteiger partial charge on any atom is -0.350 e. The Morgan fingerprint density at radius 2 is 0.900 bits per heavy atom. The van der Waals surface area contributed by atoms with Crippen LogP contribution in [0, 0.1) is 0 Å². The Kier molecular flexibility index (Phi) is 10.9. The van der Waals surface area contributed by atoms with E-state index in [0.29, 0.717) is 13.2 Å². The van der Waals surface area contributed by atoms with Crippen LogP contribution in [-0.4, -0.2) is 56.5 Å². The number of fused-ring (bicyclic) bond motifs is 1. The zero-order chi connectivity index (χ0) is 21.2. The van der Waals surface area contributed by atoms with E-state index in [9.17, 15) is 0 Å². The molecule has 0 saturated carbocycles. The van der Waals surface area contributed by atoms with E-state index >= 15 is 0 Å². The van der Waals surface area contributed by atoms with Crippen molar-refractivity contribution in [3.05, 3.63) is 0 Å². The maximum atomic E-state index is 6.43. The van der Waals surface area contributed by atoms with Crippen molar-refractivity contribution in [2.24, 2.45) is 0 Å². The van der Waals surface area contributed by atoms with Crippen molar-refractivity contribution in [1.82, 2.24) is 0 Å². The molecular formula is C24H44O6. The Labute approximate surface area is 183 Å². The lowest BCUT2D eigenvalue weighted by Crippen LogP contribution is -2.61. The van der Waals surface area contributed by atoms with Gasteiger partial charge in [-0.25, -0.2) is 0 Å². The van der Waals surface area contributed by atoms with Gasteiger partial charge in [0, 0.05) is 0 Å². The van der Waals surface area contributed by atoms with Gasteiger partial charge in [-0.1, -0.05) is 59.3 Å². The molecule has 0 bridgehead atoms. The smallest absolute Gasteiger partial charge is 0.158 e. The van der Waals surface area contributed by atoms with Crippen LogP contribution in [-0.2, 0) is 28.4 Å². The highest BCUT2D eigenvalue weighted by molar-refractivity contribution is 4.92. The summed E-state index contributed by atoms with van der Waals surface area (Å²) < 4.78 is 37.3. The average Bonchev–Trinajstić information content (AvgIpc) is 3.23. The van der Waals surface area contributed by atoms with E-state index in [2.05, 4.69) is 20.8 Å². The third-order valence-electron chi connectivity index (χ3n) is 6.35. The molecule has 6 nitrogen and oxygen atoms in total. The highest BCUT2D eigenvalue weighted by Gasteiger charge is 2.49. The molecule has 0 amide bonds. The fourth-order valence-corrected chi connectivity index (χ4v) is 4.55. The molecule has 0 aliphatic carbocycles. The van der Waals surface area contributed by atoms with Gasteiger partial charge in [0.15, 0.2) is 18.9 Å². The molecule has 3 saturated heterocycles. The fraction of sp³-hybridized carbons (Fsp3) is 1.00. The molecule has 3 fully saturated rings. The molecule has 3 rings (SSSR count). The lowest BCUT2D eigenvalue weighted by molar-refractivity contribution is -0.368. The summed E-state index contributed by atoms with van der Waals surface area (Å²) in [6.07, 6.45) is 12.3. The molecule has 0 spiro atoms. The summed E-state index contributed by atoms with van der Waals surface area (Å²) in [7, 11) is 0. The second kappa shape index (κ2) is 13.3. The first-order chi connectivity index (χ1) is 14.7. The molecule has 176 valence electrons. The van der Waals surface area contributed by atoms with Gasteiger partial charge >= 0.3 is 0 Å². The minimum absolute atomic E-state index is 0.0967. The molecule has 0 radical (unpaired) electrons. The molecule has 0 N–H and O–H groups in total. The molecule has 6 heteroatoms. The predicted octanol–water partition coefficient (Wildman–Crippen LogP) is 5.32. The zero-order valence-corrected chi connectivity index (χ0v) is 19.4. The average molecular weight is 429 g/mol. The molecule has 0 aromatic rings. The molecule has 3 heterocycles. The molecule has 3 aliphatic rings. The van der Waals surface area contributed by atoms with Gasteiger partial charge < -0.3 is 28.4 Å². The van der Waals surface area contributed by atoms with Crippen LogP contribution < -0.4 is 0 Å². The van der Waals surface area contributed by atoms with E-state index in [1.54, 1.807) is 0 Å². The Morgan fingerprint density at radius 1 is 0.500 bits per heavy atom. The van der Waals surface area contributed by atoms with E-state index in [4.69, 9.17) is 28.4 Å². The number of ether oxygens (including phenoxy) is 6. The molecule has 7 atom stereocenters. The number of hydrogen-bond donors (Lipinski definition) is 0. The molecule has 0 aromatic heterocycles. The van der Waals surface area contributed by atoms with Crippen LogP contribution in [0.15, 0.2) is 0 Å². The van der Waals surface area contributed by atoms with Crippen molar-refractivity contribution in [3.8, 4) is 0 Å². The van der Waals surface area contributed by atoms with Gasteiger partial charge in [0.1, 0.15) is 24.4 Å². The van der Waals surface area contributed by atoms with Crippen LogP contribution in [0.4, 0.5) is 0 Å². The van der Waals surface area contributed by atoms with Crippen LogP contribution in [0.5, 0.6) is 0 Å². The molecule has 7 unspecified atom stereocenters. The summed E-state index contributed by atoms with van der Waals surface area (Å²) >= 11 is 0. The Bertz CT molecular complexity index is 461. The molecule has 30 heavy (non-hydrogen) atoms. The van der Waals surface area contributed by atoms with Crippen molar-refractivity contribution < 1.29 is 28.4 Å². The highest BCUT2D eigenvalue weighted by Crippen LogP contribution is 2.35. The van der Waals surface area contributed by atoms with Gasteiger partial charge in [0.2, 0.25) is 0 Å². The van der Waals surface area contributed by atoms with E-state index in [1.165, 1.54) is 38.5 Å². The highest BCUT2D eigenvalue weighted by atomic mass is 16.8. The molecule has 0 aromatic carbocycles. The van der Waals surface area contributed by atoms with E-state index < -0.39 is 0 Å². The Morgan fingerprint density at radius 3 is 1.40 bits per heavy atom. The number of rotatable bonds is 13. The summed E-state index contributed by atoms with van der Waals surface area (Å²) in [6.45, 7) is 7.78. The predicted molar refractivity (Wildman–Crippen MR) is 115 cm³/mol. The Balaban J connectivity index is 1.58. The van der Waals surface area contributed by atoms with Crippen LogP contribution in [0.3, 0.4) is 0 Å². The maximum absolute atomic E-state index is 6.43. The van der Waals surface area contributed by atoms with Gasteiger partial charge in [-0.05, 0) is 38.5 Å². The second-order valence-electron chi connectivity index (χ2n) is 8.99. The lowest BCUT2D eigenvalue weighted by atomic mass is 10.00. The first-order valence-electron chi connectivity index (χ1n) is 12.6. The Hall–Kier alpha value is -0.240. The first kappa shape index (κ1) is 24.4. The zero-order valence-electron chi connectivity index (χ0n) is 19.4. The van der Waals surface area contributed by atoms with Crippen molar-refractivity contribution in [2.75, 3.05) is 13.2 Å². The monoisotopic (exact) mass is 428 g/mol. The van der Waals surface area contributed by atoms with E-state index in [1.807, 2.05) is 0 Å². The normalized spacial score (nSPS) is 36.7. The summed E-state index contributed by atoms with van der Waals surface area (Å²) in [5, 5.41) is 0. The van der Waals surface area contributed by atoms with Crippen molar-refractivity contribution in [1.29, 1.82) is 0 Å². The van der Waals surface area contributed by atoms with Crippen LogP contribution in [0.2, 0.25) is 0 Å². The van der Waals surface area contributed by atoms with Crippen molar-refractivity contribution >= 4 is 0 Å². The fourth-order valence-electron chi connectivity index (χ4n) is 4.55. The van der Waals surface area contributed by atoms with E-state index in [0.717, 1.165) is 38.5 Å². The van der Waals surface area contributed by atoms with Crippen molar-refractivity contribution in [2.45, 2.75) is 141 Å². The number of unbranched alkanes of at least 4 members (excludes halogenated alkanes) is 6. The van der Waals surface area contributed by atoms with Crippen LogP contribution >= 0.6 is 0 Å². The van der Waals surface area contributed by atoms with Crippen LogP contribution in [0.1, 0.15) is 97.8 Å². The van der Waals surface area contributed by atoms with Gasteiger partial charge in [0.05, 0.1) is 13.2 Å². The number of hydrogen-bond acceptors (Lipinski definition) is 6. The minimum atomic E-state index is -0.214. The molecular weight excluding hydrogens is 384 g/mol. The topological polar surface area (TPSA) is 55.4 Å². The first-order valence-corrected chi connectivity index (χ1v) is 12.6. The standard InChI is InChI=1S/C24H44O6/c1-4-7-10-13-20-25-16-18(27-20)24-23-19(28-22(30-24)15-12-9-6-3)17-26-21(29-23)14-11-8-5-2/h18-24H,4-17H2,1-3H3. The SMILES string of the molecule is CCCCCC1OCC(C2OC(CCCCC)OC3COC(CCCCC)OC32)O1. The van der Waals surface area contributed by atoms with Crippen molar-refractivity contribution in [3.63, 3.8) is 0 Å². The summed E-state index contributed by atoms with van der Waals surface area (Å²) in [5.41, 5.74) is 0. The van der Waals surface area contributed by atoms with E-state index in [-0.39, 0.29) is 43.3 Å². The maximum Gasteiger partial charge on any atom is 0.158 e. The lowest BCUT2D eigenvalue weighted by Gasteiger charge is -2.47. The summed E-state index contributed by atoms with van der Waals surface area (Å²) in [6, 6.07) is 0. The summed E-state index contributed by atoms with van der Waals surface area (Å²) in [5.74, 6) is 0. The quantitative estimate of drug-likeness (QED) is 0.370. The third kappa shape index (κ3) is 7.14. The van der Waals surface area contributed by atoms with Gasteiger partial charge in [-0.2, -0.15) is 0 Å². The second-order valence-corrected chi connectivity index (χ2v) is 8.99. The third-order valence-corrected chi connectivity index (χ3v) is 6.35. The van der Waals surface area contributed by atoms with Gasteiger partial charge in [-0.3, -0.25) is 0 Å². The molecule has 3 aliphatic heterocycles. The van der Waals surface area contributed by atoms with Gasteiger partial charge in [-0.15, -0.1) is 0 Å². The largest absolute Gasteiger partial charge is 0.350 e.